The van der Waals surface area contributed by atoms with E-state index in [9.17, 15) is 36.5 Å². The standard InChI is InChI=1S/C22H24F3N3O5S/c1-14-8-15(2)13-27(12-14)34(32,33)18-5-3-4-16(9-18)21(29)11-26-19-7-6-17(22(23,24)25)10-20(19)28(30)31/h3-7,9-10,14-15,26H,8,11-13H2,1-2H3. The Kier molecular flexibility index (Phi) is 7.32. The lowest BCUT2D eigenvalue weighted by atomic mass is 9.94. The lowest BCUT2D eigenvalue weighted by Crippen LogP contribution is -2.42. The molecule has 0 saturated carbocycles. The van der Waals surface area contributed by atoms with Crippen molar-refractivity contribution in [3.63, 3.8) is 0 Å². The van der Waals surface area contributed by atoms with Crippen LogP contribution >= 0.6 is 0 Å². The van der Waals surface area contributed by atoms with Crippen molar-refractivity contribution in [2.24, 2.45) is 11.8 Å². The summed E-state index contributed by atoms with van der Waals surface area (Å²) in [5.74, 6) is -0.175. The van der Waals surface area contributed by atoms with Gasteiger partial charge in [0.2, 0.25) is 10.0 Å². The van der Waals surface area contributed by atoms with Crippen molar-refractivity contribution >= 4 is 27.2 Å². The zero-order valence-corrected chi connectivity index (χ0v) is 19.3. The number of halogens is 3. The first kappa shape index (κ1) is 25.6. The highest BCUT2D eigenvalue weighted by molar-refractivity contribution is 7.89. The molecule has 184 valence electrons. The molecule has 34 heavy (non-hydrogen) atoms. The van der Waals surface area contributed by atoms with E-state index in [-0.39, 0.29) is 28.0 Å². The minimum absolute atomic E-state index is 0.0415. The molecule has 2 aromatic carbocycles. The second-order valence-electron chi connectivity index (χ2n) is 8.56. The molecule has 0 aliphatic carbocycles. The number of benzene rings is 2. The zero-order chi connectivity index (χ0) is 25.3. The molecule has 12 heteroatoms. The van der Waals surface area contributed by atoms with Crippen molar-refractivity contribution in [3.05, 3.63) is 63.7 Å². The predicted molar refractivity (Wildman–Crippen MR) is 119 cm³/mol. The van der Waals surface area contributed by atoms with Gasteiger partial charge in [0.1, 0.15) is 5.69 Å². The SMILES string of the molecule is CC1CC(C)CN(S(=O)(=O)c2cccc(C(=O)CNc3ccc(C(F)(F)F)cc3[N+](=O)[O-])c2)C1. The molecule has 1 aliphatic heterocycles. The van der Waals surface area contributed by atoms with Crippen LogP contribution < -0.4 is 5.32 Å². The van der Waals surface area contributed by atoms with Crippen LogP contribution in [0.3, 0.4) is 0 Å². The minimum Gasteiger partial charge on any atom is -0.372 e. The van der Waals surface area contributed by atoms with E-state index in [4.69, 9.17) is 0 Å². The Morgan fingerprint density at radius 3 is 2.38 bits per heavy atom. The molecule has 0 amide bonds. The van der Waals surface area contributed by atoms with Gasteiger partial charge in [0.25, 0.3) is 5.69 Å². The van der Waals surface area contributed by atoms with Crippen LogP contribution in [0.1, 0.15) is 36.2 Å². The fourth-order valence-electron chi connectivity index (χ4n) is 4.07. The van der Waals surface area contributed by atoms with E-state index in [2.05, 4.69) is 5.32 Å². The van der Waals surface area contributed by atoms with Crippen molar-refractivity contribution in [3.8, 4) is 0 Å². The Balaban J connectivity index is 1.78. The quantitative estimate of drug-likeness (QED) is 0.339. The van der Waals surface area contributed by atoms with Gasteiger partial charge in [-0.05, 0) is 42.5 Å². The van der Waals surface area contributed by atoms with E-state index < -0.39 is 44.7 Å². The average Bonchev–Trinajstić information content (AvgIpc) is 2.76. The first-order valence-corrected chi connectivity index (χ1v) is 12.0. The number of carbonyl (C=O) groups is 1. The number of hydrogen-bond acceptors (Lipinski definition) is 6. The van der Waals surface area contributed by atoms with E-state index >= 15 is 0 Å². The van der Waals surface area contributed by atoms with Crippen LogP contribution in [-0.2, 0) is 16.2 Å². The summed E-state index contributed by atoms with van der Waals surface area (Å²) in [6, 6.07) is 7.42. The molecule has 1 heterocycles. The van der Waals surface area contributed by atoms with Gasteiger partial charge in [-0.15, -0.1) is 0 Å². The van der Waals surface area contributed by atoms with Crippen LogP contribution in [0, 0.1) is 22.0 Å². The van der Waals surface area contributed by atoms with Crippen molar-refractivity contribution in [1.82, 2.24) is 4.31 Å². The van der Waals surface area contributed by atoms with Gasteiger partial charge in [0, 0.05) is 24.7 Å². The van der Waals surface area contributed by atoms with E-state index in [1.807, 2.05) is 13.8 Å². The molecule has 8 nitrogen and oxygen atoms in total. The molecule has 1 aliphatic rings. The number of rotatable bonds is 7. The second-order valence-corrected chi connectivity index (χ2v) is 10.5. The van der Waals surface area contributed by atoms with Crippen LogP contribution in [0.25, 0.3) is 0 Å². The number of nitro groups is 1. The summed E-state index contributed by atoms with van der Waals surface area (Å²) >= 11 is 0. The summed E-state index contributed by atoms with van der Waals surface area (Å²) in [4.78, 5) is 22.9. The number of hydrogen-bond donors (Lipinski definition) is 1. The fourth-order valence-corrected chi connectivity index (χ4v) is 5.79. The minimum atomic E-state index is -4.75. The van der Waals surface area contributed by atoms with Crippen molar-refractivity contribution in [1.29, 1.82) is 0 Å². The van der Waals surface area contributed by atoms with Crippen molar-refractivity contribution < 1.29 is 31.3 Å². The number of Topliss-reactive ketones (excluding diaryl/α,β-unsaturated/α-hetero) is 1. The van der Waals surface area contributed by atoms with Crippen molar-refractivity contribution in [2.75, 3.05) is 25.0 Å². The molecule has 0 bridgehead atoms. The molecule has 0 spiro atoms. The maximum Gasteiger partial charge on any atom is 0.416 e. The molecule has 0 aromatic heterocycles. The molecule has 1 N–H and O–H groups in total. The van der Waals surface area contributed by atoms with Gasteiger partial charge >= 0.3 is 6.18 Å². The van der Waals surface area contributed by atoms with Gasteiger partial charge < -0.3 is 5.32 Å². The molecule has 1 saturated heterocycles. The third kappa shape index (κ3) is 5.73. The third-order valence-corrected chi connectivity index (χ3v) is 7.42. The Morgan fingerprint density at radius 2 is 1.79 bits per heavy atom. The average molecular weight is 500 g/mol. The highest BCUT2D eigenvalue weighted by Gasteiger charge is 2.34. The van der Waals surface area contributed by atoms with Crippen LogP contribution in [0.15, 0.2) is 47.4 Å². The topological polar surface area (TPSA) is 110 Å². The Labute approximate surface area is 195 Å². The van der Waals surface area contributed by atoms with Crippen LogP contribution in [0.5, 0.6) is 0 Å². The van der Waals surface area contributed by atoms with E-state index in [0.717, 1.165) is 12.5 Å². The lowest BCUT2D eigenvalue weighted by Gasteiger charge is -2.34. The first-order chi connectivity index (χ1) is 15.8. The number of anilines is 1. The number of nitrogens with one attached hydrogen (secondary N) is 1. The molecule has 2 unspecified atom stereocenters. The number of carbonyl (C=O) groups excluding carboxylic acids is 1. The molecule has 1 fully saturated rings. The monoisotopic (exact) mass is 499 g/mol. The van der Waals surface area contributed by atoms with Crippen LogP contribution in [-0.4, -0.2) is 43.1 Å². The molecule has 0 radical (unpaired) electrons. The zero-order valence-electron chi connectivity index (χ0n) is 18.5. The fraction of sp³-hybridized carbons (Fsp3) is 0.409. The normalized spacial score (nSPS) is 19.6. The van der Waals surface area contributed by atoms with Crippen LogP contribution in [0.4, 0.5) is 24.5 Å². The van der Waals surface area contributed by atoms with E-state index in [1.165, 1.54) is 28.6 Å². The lowest BCUT2D eigenvalue weighted by molar-refractivity contribution is -0.384. The van der Waals surface area contributed by atoms with Gasteiger partial charge in [-0.25, -0.2) is 8.42 Å². The Bertz CT molecular complexity index is 1190. The van der Waals surface area contributed by atoms with Crippen molar-refractivity contribution in [2.45, 2.75) is 31.3 Å². The molecule has 3 rings (SSSR count). The van der Waals surface area contributed by atoms with E-state index in [0.29, 0.717) is 25.2 Å². The number of nitrogens with zero attached hydrogens (tertiary/aromatic N) is 2. The number of nitro benzene ring substituents is 1. The second kappa shape index (κ2) is 9.71. The summed E-state index contributed by atoms with van der Waals surface area (Å²) < 4.78 is 66.2. The summed E-state index contributed by atoms with van der Waals surface area (Å²) in [6.07, 6.45) is -3.83. The highest BCUT2D eigenvalue weighted by atomic mass is 32.2. The van der Waals surface area contributed by atoms with Crippen LogP contribution in [0.2, 0.25) is 0 Å². The summed E-state index contributed by atoms with van der Waals surface area (Å²) in [5, 5.41) is 13.7. The van der Waals surface area contributed by atoms with Gasteiger partial charge in [-0.1, -0.05) is 26.0 Å². The molecular weight excluding hydrogens is 475 g/mol. The third-order valence-electron chi connectivity index (χ3n) is 5.59. The summed E-state index contributed by atoms with van der Waals surface area (Å²) in [6.45, 7) is 4.23. The largest absolute Gasteiger partial charge is 0.416 e. The number of alkyl halides is 3. The number of piperidine rings is 1. The number of sulfonamides is 1. The Hall–Kier alpha value is -2.99. The number of ketones is 1. The molecule has 2 atom stereocenters. The van der Waals surface area contributed by atoms with Gasteiger partial charge in [0.15, 0.2) is 5.78 Å². The van der Waals surface area contributed by atoms with E-state index in [1.54, 1.807) is 0 Å². The summed E-state index contributed by atoms with van der Waals surface area (Å²) in [7, 11) is -3.82. The smallest absolute Gasteiger partial charge is 0.372 e. The summed E-state index contributed by atoms with van der Waals surface area (Å²) in [5.41, 5.74) is -2.21. The van der Waals surface area contributed by atoms with Gasteiger partial charge in [-0.2, -0.15) is 17.5 Å². The Morgan fingerprint density at radius 1 is 1.15 bits per heavy atom. The van der Waals surface area contributed by atoms with Gasteiger partial charge in [0.05, 0.1) is 21.9 Å². The highest BCUT2D eigenvalue weighted by Crippen LogP contribution is 2.35. The maximum absolute atomic E-state index is 13.1. The maximum atomic E-state index is 13.1. The van der Waals surface area contributed by atoms with Gasteiger partial charge in [-0.3, -0.25) is 14.9 Å². The molecule has 2 aromatic rings. The predicted octanol–water partition coefficient (Wildman–Crippen LogP) is 4.58. The molecular formula is C22H24F3N3O5S. The first-order valence-electron chi connectivity index (χ1n) is 10.5.